The molecule has 0 radical (unpaired) electrons. The van der Waals surface area contributed by atoms with E-state index in [2.05, 4.69) is 15.3 Å². The first-order chi connectivity index (χ1) is 9.22. The van der Waals surface area contributed by atoms with E-state index in [1.165, 1.54) is 12.8 Å². The maximum absolute atomic E-state index is 10.6. The molecule has 3 rings (SSSR count). The van der Waals surface area contributed by atoms with Crippen molar-refractivity contribution < 1.29 is 9.90 Å². The van der Waals surface area contributed by atoms with E-state index in [1.807, 2.05) is 24.3 Å². The van der Waals surface area contributed by atoms with Gasteiger partial charge in [-0.3, -0.25) is 4.79 Å². The van der Waals surface area contributed by atoms with Gasteiger partial charge < -0.3 is 10.4 Å². The van der Waals surface area contributed by atoms with Gasteiger partial charge in [-0.15, -0.1) is 0 Å². The van der Waals surface area contributed by atoms with Crippen LogP contribution in [0.3, 0.4) is 0 Å². The lowest BCUT2D eigenvalue weighted by atomic mass is 10.2. The van der Waals surface area contributed by atoms with Gasteiger partial charge in [0.1, 0.15) is 11.6 Å². The molecule has 5 nitrogen and oxygen atoms in total. The number of carboxylic acids is 1. The third-order valence-corrected chi connectivity index (χ3v) is 3.13. The summed E-state index contributed by atoms with van der Waals surface area (Å²) in [6.45, 7) is 0. The molecule has 98 valence electrons. The molecule has 1 saturated carbocycles. The Morgan fingerprint density at radius 3 is 2.84 bits per heavy atom. The molecule has 1 aliphatic carbocycles. The highest BCUT2D eigenvalue weighted by atomic mass is 16.4. The number of hydrogen-bond acceptors (Lipinski definition) is 4. The number of rotatable bonds is 5. The second-order valence-electron chi connectivity index (χ2n) is 4.82. The van der Waals surface area contributed by atoms with Crippen molar-refractivity contribution in [1.29, 1.82) is 0 Å². The van der Waals surface area contributed by atoms with E-state index in [1.54, 1.807) is 0 Å². The highest BCUT2D eigenvalue weighted by Gasteiger charge is 2.22. The Morgan fingerprint density at radius 2 is 2.11 bits per heavy atom. The predicted octanol–water partition coefficient (Wildman–Crippen LogP) is 2.22. The van der Waals surface area contributed by atoms with E-state index in [9.17, 15) is 4.79 Å². The number of aryl methyl sites for hydroxylation is 1. The monoisotopic (exact) mass is 257 g/mol. The van der Waals surface area contributed by atoms with Gasteiger partial charge in [-0.1, -0.05) is 12.1 Å². The molecule has 5 heteroatoms. The Kier molecular flexibility index (Phi) is 3.03. The zero-order valence-corrected chi connectivity index (χ0v) is 10.5. The van der Waals surface area contributed by atoms with E-state index in [0.717, 1.165) is 16.7 Å². The highest BCUT2D eigenvalue weighted by molar-refractivity contribution is 5.89. The second-order valence-corrected chi connectivity index (χ2v) is 4.82. The van der Waals surface area contributed by atoms with Crippen LogP contribution in [0.15, 0.2) is 24.3 Å². The van der Waals surface area contributed by atoms with Gasteiger partial charge in [-0.05, 0) is 25.0 Å². The molecule has 1 aromatic heterocycles. The number of nitrogens with one attached hydrogen (secondary N) is 1. The standard InChI is InChI=1S/C14H15N3O2/c18-13(19)8-7-12-16-11-4-2-1-3-10(11)14(17-12)15-9-5-6-9/h1-4,9H,5-8H2,(H,18,19)(H,15,16,17). The minimum Gasteiger partial charge on any atom is -0.481 e. The lowest BCUT2D eigenvalue weighted by Crippen LogP contribution is -2.08. The highest BCUT2D eigenvalue weighted by Crippen LogP contribution is 2.28. The number of carbonyl (C=O) groups is 1. The summed E-state index contributed by atoms with van der Waals surface area (Å²) >= 11 is 0. The molecular weight excluding hydrogens is 242 g/mol. The van der Waals surface area contributed by atoms with Crippen molar-refractivity contribution in [3.63, 3.8) is 0 Å². The minimum atomic E-state index is -0.825. The van der Waals surface area contributed by atoms with Crippen LogP contribution in [0, 0.1) is 0 Å². The molecule has 0 bridgehead atoms. The molecule has 0 unspecified atom stereocenters. The second kappa shape index (κ2) is 4.84. The Balaban J connectivity index is 1.96. The molecule has 1 fully saturated rings. The molecule has 19 heavy (non-hydrogen) atoms. The molecule has 1 aliphatic rings. The van der Waals surface area contributed by atoms with Crippen LogP contribution < -0.4 is 5.32 Å². The maximum atomic E-state index is 10.6. The number of carboxylic acid groups (broad SMARTS) is 1. The van der Waals surface area contributed by atoms with E-state index >= 15 is 0 Å². The summed E-state index contributed by atoms with van der Waals surface area (Å²) in [7, 11) is 0. The van der Waals surface area contributed by atoms with Crippen molar-refractivity contribution in [2.45, 2.75) is 31.7 Å². The molecule has 1 aromatic carbocycles. The fourth-order valence-corrected chi connectivity index (χ4v) is 1.99. The van der Waals surface area contributed by atoms with Crippen molar-refractivity contribution in [3.05, 3.63) is 30.1 Å². The Morgan fingerprint density at radius 1 is 1.32 bits per heavy atom. The van der Waals surface area contributed by atoms with Crippen LogP contribution in [0.1, 0.15) is 25.1 Å². The maximum Gasteiger partial charge on any atom is 0.303 e. The van der Waals surface area contributed by atoms with Crippen LogP contribution in [-0.4, -0.2) is 27.1 Å². The first-order valence-electron chi connectivity index (χ1n) is 6.46. The number of fused-ring (bicyclic) bond motifs is 1. The van der Waals surface area contributed by atoms with Crippen molar-refractivity contribution >= 4 is 22.7 Å². The number of benzene rings is 1. The van der Waals surface area contributed by atoms with E-state index in [4.69, 9.17) is 5.11 Å². The zero-order valence-electron chi connectivity index (χ0n) is 10.5. The van der Waals surface area contributed by atoms with Crippen molar-refractivity contribution in [1.82, 2.24) is 9.97 Å². The Labute approximate surface area is 110 Å². The lowest BCUT2D eigenvalue weighted by Gasteiger charge is -2.09. The van der Waals surface area contributed by atoms with Gasteiger partial charge in [-0.2, -0.15) is 0 Å². The summed E-state index contributed by atoms with van der Waals surface area (Å²) in [4.78, 5) is 19.5. The van der Waals surface area contributed by atoms with Crippen LogP contribution in [0.25, 0.3) is 10.9 Å². The first kappa shape index (κ1) is 11.9. The quantitative estimate of drug-likeness (QED) is 0.859. The van der Waals surface area contributed by atoms with Gasteiger partial charge >= 0.3 is 5.97 Å². The number of aliphatic carboxylic acids is 1. The zero-order chi connectivity index (χ0) is 13.2. The van der Waals surface area contributed by atoms with E-state index in [-0.39, 0.29) is 6.42 Å². The average molecular weight is 257 g/mol. The summed E-state index contributed by atoms with van der Waals surface area (Å²) in [5.41, 5.74) is 0.862. The lowest BCUT2D eigenvalue weighted by molar-refractivity contribution is -0.137. The molecule has 0 atom stereocenters. The Bertz CT molecular complexity index is 623. The number of aromatic nitrogens is 2. The number of anilines is 1. The normalized spacial score (nSPS) is 14.5. The van der Waals surface area contributed by atoms with Crippen molar-refractivity contribution in [2.24, 2.45) is 0 Å². The summed E-state index contributed by atoms with van der Waals surface area (Å²) in [6, 6.07) is 8.31. The van der Waals surface area contributed by atoms with Gasteiger partial charge in [0.05, 0.1) is 11.9 Å². The number of para-hydroxylation sites is 1. The van der Waals surface area contributed by atoms with Crippen LogP contribution in [-0.2, 0) is 11.2 Å². The fourth-order valence-electron chi connectivity index (χ4n) is 1.99. The van der Waals surface area contributed by atoms with Gasteiger partial charge in [-0.25, -0.2) is 9.97 Å². The molecule has 2 aromatic rings. The fraction of sp³-hybridized carbons (Fsp3) is 0.357. The van der Waals surface area contributed by atoms with Crippen LogP contribution in [0.2, 0.25) is 0 Å². The molecule has 0 aliphatic heterocycles. The van der Waals surface area contributed by atoms with E-state index < -0.39 is 5.97 Å². The topological polar surface area (TPSA) is 75.1 Å². The van der Waals surface area contributed by atoms with Gasteiger partial charge in [0.2, 0.25) is 0 Å². The molecule has 0 spiro atoms. The summed E-state index contributed by atoms with van der Waals surface area (Å²) < 4.78 is 0. The third kappa shape index (κ3) is 2.81. The van der Waals surface area contributed by atoms with Crippen molar-refractivity contribution in [2.75, 3.05) is 5.32 Å². The van der Waals surface area contributed by atoms with Gasteiger partial charge in [0, 0.05) is 17.8 Å². The van der Waals surface area contributed by atoms with Crippen LogP contribution in [0.5, 0.6) is 0 Å². The summed E-state index contributed by atoms with van der Waals surface area (Å²) in [5, 5.41) is 13.1. The Hall–Kier alpha value is -2.17. The van der Waals surface area contributed by atoms with Crippen LogP contribution >= 0.6 is 0 Å². The minimum absolute atomic E-state index is 0.0568. The number of hydrogen-bond donors (Lipinski definition) is 2. The molecule has 2 N–H and O–H groups in total. The molecule has 1 heterocycles. The number of nitrogens with zero attached hydrogens (tertiary/aromatic N) is 2. The largest absolute Gasteiger partial charge is 0.481 e. The van der Waals surface area contributed by atoms with Gasteiger partial charge in [0.25, 0.3) is 0 Å². The third-order valence-electron chi connectivity index (χ3n) is 3.13. The van der Waals surface area contributed by atoms with Gasteiger partial charge in [0.15, 0.2) is 0 Å². The predicted molar refractivity (Wildman–Crippen MR) is 72.1 cm³/mol. The molecule has 0 amide bonds. The summed E-state index contributed by atoms with van der Waals surface area (Å²) in [5.74, 6) is 0.589. The smallest absolute Gasteiger partial charge is 0.303 e. The first-order valence-corrected chi connectivity index (χ1v) is 6.46. The van der Waals surface area contributed by atoms with Crippen molar-refractivity contribution in [3.8, 4) is 0 Å². The van der Waals surface area contributed by atoms with E-state index in [0.29, 0.717) is 18.3 Å². The molecule has 0 saturated heterocycles. The van der Waals surface area contributed by atoms with Crippen LogP contribution in [0.4, 0.5) is 5.82 Å². The average Bonchev–Trinajstić information content (AvgIpc) is 3.20. The SMILES string of the molecule is O=C(O)CCc1nc(NC2CC2)c2ccccc2n1. The summed E-state index contributed by atoms with van der Waals surface area (Å²) in [6.07, 6.45) is 2.76. The molecular formula is C14H15N3O2.